The van der Waals surface area contributed by atoms with Gasteiger partial charge in [-0.25, -0.2) is 4.98 Å². The van der Waals surface area contributed by atoms with Crippen LogP contribution in [-0.2, 0) is 11.3 Å². The van der Waals surface area contributed by atoms with Crippen molar-refractivity contribution < 1.29 is 18.4 Å². The molecule has 0 aliphatic carbocycles. The first-order valence-corrected chi connectivity index (χ1v) is 11.9. The maximum atomic E-state index is 13.3. The molecular formula is C29H26N4O4. The van der Waals surface area contributed by atoms with E-state index in [9.17, 15) is 9.59 Å². The second-order valence-electron chi connectivity index (χ2n) is 8.72. The lowest BCUT2D eigenvalue weighted by atomic mass is 10.1. The van der Waals surface area contributed by atoms with Gasteiger partial charge in [-0.3, -0.25) is 19.5 Å². The number of benzene rings is 2. The third-order valence-corrected chi connectivity index (χ3v) is 6.08. The highest BCUT2D eigenvalue weighted by atomic mass is 16.3. The third-order valence-electron chi connectivity index (χ3n) is 6.08. The number of hydrogen-bond acceptors (Lipinski definition) is 5. The molecule has 0 saturated heterocycles. The van der Waals surface area contributed by atoms with Gasteiger partial charge in [0.25, 0.3) is 5.91 Å². The number of hydrogen-bond donors (Lipinski definition) is 1. The summed E-state index contributed by atoms with van der Waals surface area (Å²) in [4.78, 5) is 32.4. The van der Waals surface area contributed by atoms with Crippen LogP contribution >= 0.6 is 0 Å². The van der Waals surface area contributed by atoms with Crippen molar-refractivity contribution in [1.82, 2.24) is 14.5 Å². The minimum Gasteiger partial charge on any atom is -0.467 e. The second kappa shape index (κ2) is 10.4. The SMILES string of the molecule is Cc1ccc(-n2cc(-c3ccccc3)nc2NC(=O)CN(Cc2ccco2)C(=O)c2ccco2)cc1C. The molecule has 0 saturated carbocycles. The van der Waals surface area contributed by atoms with Crippen molar-refractivity contribution in [2.75, 3.05) is 11.9 Å². The van der Waals surface area contributed by atoms with Gasteiger partial charge < -0.3 is 13.7 Å². The number of imidazole rings is 1. The van der Waals surface area contributed by atoms with E-state index in [1.807, 2.05) is 66.2 Å². The summed E-state index contributed by atoms with van der Waals surface area (Å²) in [5.74, 6) is 0.231. The molecule has 5 aromatic rings. The van der Waals surface area contributed by atoms with Crippen molar-refractivity contribution in [3.05, 3.63) is 114 Å². The Morgan fingerprint density at radius 1 is 0.919 bits per heavy atom. The van der Waals surface area contributed by atoms with Gasteiger partial charge in [0.15, 0.2) is 5.76 Å². The van der Waals surface area contributed by atoms with Gasteiger partial charge >= 0.3 is 0 Å². The fourth-order valence-electron chi connectivity index (χ4n) is 3.97. The van der Waals surface area contributed by atoms with Gasteiger partial charge in [-0.1, -0.05) is 36.4 Å². The molecule has 186 valence electrons. The molecule has 1 N–H and O–H groups in total. The largest absolute Gasteiger partial charge is 0.467 e. The van der Waals surface area contributed by atoms with Gasteiger partial charge in [0.2, 0.25) is 11.9 Å². The zero-order valence-electron chi connectivity index (χ0n) is 20.5. The van der Waals surface area contributed by atoms with E-state index in [0.29, 0.717) is 17.4 Å². The van der Waals surface area contributed by atoms with Gasteiger partial charge in [0.1, 0.15) is 12.3 Å². The third kappa shape index (κ3) is 5.38. The number of amides is 2. The molecule has 37 heavy (non-hydrogen) atoms. The van der Waals surface area contributed by atoms with Crippen LogP contribution in [0.5, 0.6) is 0 Å². The molecule has 0 radical (unpaired) electrons. The lowest BCUT2D eigenvalue weighted by Gasteiger charge is -2.20. The van der Waals surface area contributed by atoms with Crippen LogP contribution in [0.3, 0.4) is 0 Å². The van der Waals surface area contributed by atoms with E-state index >= 15 is 0 Å². The van der Waals surface area contributed by atoms with Gasteiger partial charge in [-0.15, -0.1) is 0 Å². The lowest BCUT2D eigenvalue weighted by Crippen LogP contribution is -2.37. The predicted molar refractivity (Wildman–Crippen MR) is 139 cm³/mol. The molecule has 0 unspecified atom stereocenters. The van der Waals surface area contributed by atoms with Crippen molar-refractivity contribution in [3.8, 4) is 16.9 Å². The summed E-state index contributed by atoms with van der Waals surface area (Å²) in [6.07, 6.45) is 4.84. The molecular weight excluding hydrogens is 468 g/mol. The Kier molecular flexibility index (Phi) is 6.72. The fourth-order valence-corrected chi connectivity index (χ4v) is 3.97. The predicted octanol–water partition coefficient (Wildman–Crippen LogP) is 5.62. The molecule has 8 heteroatoms. The zero-order valence-corrected chi connectivity index (χ0v) is 20.5. The summed E-state index contributed by atoms with van der Waals surface area (Å²) < 4.78 is 12.5. The first-order valence-electron chi connectivity index (χ1n) is 11.9. The Morgan fingerprint density at radius 2 is 1.70 bits per heavy atom. The minimum atomic E-state index is -0.418. The first-order chi connectivity index (χ1) is 18.0. The van der Waals surface area contributed by atoms with Crippen molar-refractivity contribution >= 4 is 17.8 Å². The summed E-state index contributed by atoms with van der Waals surface area (Å²) in [5, 5.41) is 2.90. The summed E-state index contributed by atoms with van der Waals surface area (Å²) in [6.45, 7) is 3.98. The van der Waals surface area contributed by atoms with Gasteiger partial charge in [0, 0.05) is 17.4 Å². The van der Waals surface area contributed by atoms with Crippen LogP contribution in [0.4, 0.5) is 5.95 Å². The van der Waals surface area contributed by atoms with Crippen LogP contribution in [-0.4, -0.2) is 32.8 Å². The van der Waals surface area contributed by atoms with E-state index in [1.165, 1.54) is 23.0 Å². The van der Waals surface area contributed by atoms with Crippen LogP contribution in [0, 0.1) is 13.8 Å². The number of rotatable bonds is 8. The zero-order chi connectivity index (χ0) is 25.8. The summed E-state index contributed by atoms with van der Waals surface area (Å²) in [6, 6.07) is 22.5. The molecule has 0 spiro atoms. The van der Waals surface area contributed by atoms with E-state index in [1.54, 1.807) is 24.3 Å². The number of carbonyl (C=O) groups excluding carboxylic acids is 2. The average molecular weight is 495 g/mol. The summed E-state index contributed by atoms with van der Waals surface area (Å²) in [5.41, 5.74) is 4.80. The fraction of sp³-hybridized carbons (Fsp3) is 0.138. The van der Waals surface area contributed by atoms with Gasteiger partial charge in [-0.2, -0.15) is 0 Å². The van der Waals surface area contributed by atoms with E-state index in [-0.39, 0.29) is 18.8 Å². The van der Waals surface area contributed by atoms with Gasteiger partial charge in [-0.05, 0) is 61.4 Å². The molecule has 2 aromatic carbocycles. The Bertz CT molecular complexity index is 1500. The van der Waals surface area contributed by atoms with Crippen LogP contribution in [0.2, 0.25) is 0 Å². The summed E-state index contributed by atoms with van der Waals surface area (Å²) in [7, 11) is 0. The number of nitrogens with zero attached hydrogens (tertiary/aromatic N) is 3. The Morgan fingerprint density at radius 3 is 2.41 bits per heavy atom. The number of anilines is 1. The molecule has 0 fully saturated rings. The second-order valence-corrected chi connectivity index (χ2v) is 8.72. The maximum Gasteiger partial charge on any atom is 0.290 e. The molecule has 0 bridgehead atoms. The van der Waals surface area contributed by atoms with E-state index in [4.69, 9.17) is 13.8 Å². The van der Waals surface area contributed by atoms with Crippen LogP contribution < -0.4 is 5.32 Å². The number of aryl methyl sites for hydroxylation is 2. The van der Waals surface area contributed by atoms with E-state index in [2.05, 4.69) is 12.2 Å². The van der Waals surface area contributed by atoms with Crippen LogP contribution in [0.15, 0.2) is 100 Å². The molecule has 0 aliphatic heterocycles. The number of carbonyl (C=O) groups is 2. The molecule has 0 atom stereocenters. The standard InChI is InChI=1S/C29H26N4O4/c1-20-12-13-23(16-21(20)2)33-18-25(22-8-4-3-5-9-22)30-29(33)31-27(34)19-32(17-24-10-6-14-36-24)28(35)26-11-7-15-37-26/h3-16,18H,17,19H2,1-2H3,(H,30,31,34). The van der Waals surface area contributed by atoms with Gasteiger partial charge in [0.05, 0.1) is 24.8 Å². The van der Waals surface area contributed by atoms with E-state index < -0.39 is 11.8 Å². The van der Waals surface area contributed by atoms with Crippen molar-refractivity contribution in [2.45, 2.75) is 20.4 Å². The number of aromatic nitrogens is 2. The van der Waals surface area contributed by atoms with Crippen molar-refractivity contribution in [3.63, 3.8) is 0 Å². The van der Waals surface area contributed by atoms with Crippen molar-refractivity contribution in [2.24, 2.45) is 0 Å². The Hall–Kier alpha value is -4.85. The lowest BCUT2D eigenvalue weighted by molar-refractivity contribution is -0.117. The highest BCUT2D eigenvalue weighted by Gasteiger charge is 2.23. The monoisotopic (exact) mass is 494 g/mol. The normalized spacial score (nSPS) is 10.9. The molecule has 5 rings (SSSR count). The minimum absolute atomic E-state index is 0.112. The maximum absolute atomic E-state index is 13.3. The van der Waals surface area contributed by atoms with E-state index in [0.717, 1.165) is 16.8 Å². The molecule has 3 aromatic heterocycles. The highest BCUT2D eigenvalue weighted by Crippen LogP contribution is 2.25. The average Bonchev–Trinajstić information content (AvgIpc) is 3.68. The molecule has 0 aliphatic rings. The molecule has 8 nitrogen and oxygen atoms in total. The van der Waals surface area contributed by atoms with Crippen LogP contribution in [0.1, 0.15) is 27.4 Å². The first kappa shape index (κ1) is 23.9. The number of furan rings is 2. The Balaban J connectivity index is 1.44. The quantitative estimate of drug-likeness (QED) is 0.302. The molecule has 2 amide bonds. The highest BCUT2D eigenvalue weighted by molar-refractivity contribution is 5.97. The smallest absolute Gasteiger partial charge is 0.290 e. The number of nitrogens with one attached hydrogen (secondary N) is 1. The topological polar surface area (TPSA) is 93.5 Å². The Labute approximate surface area is 214 Å². The summed E-state index contributed by atoms with van der Waals surface area (Å²) >= 11 is 0. The van der Waals surface area contributed by atoms with Crippen LogP contribution in [0.25, 0.3) is 16.9 Å². The van der Waals surface area contributed by atoms with Crippen molar-refractivity contribution in [1.29, 1.82) is 0 Å². The molecule has 3 heterocycles.